The van der Waals surface area contributed by atoms with Crippen molar-refractivity contribution in [2.24, 2.45) is 5.73 Å². The lowest BCUT2D eigenvalue weighted by atomic mass is 10.2. The van der Waals surface area contributed by atoms with Gasteiger partial charge in [-0.1, -0.05) is 6.07 Å². The molecule has 2 heterocycles. The van der Waals surface area contributed by atoms with Crippen LogP contribution in [0, 0.1) is 11.3 Å². The van der Waals surface area contributed by atoms with Crippen molar-refractivity contribution in [3.63, 3.8) is 0 Å². The molecule has 0 aliphatic carbocycles. The molecule has 3 rings (SSSR count). The largest absolute Gasteiger partial charge is 0.454 e. The van der Waals surface area contributed by atoms with Gasteiger partial charge >= 0.3 is 0 Å². The van der Waals surface area contributed by atoms with Crippen molar-refractivity contribution in [1.29, 1.82) is 5.26 Å². The molecule has 0 atom stereocenters. The summed E-state index contributed by atoms with van der Waals surface area (Å²) in [7, 11) is 1.56. The number of rotatable bonds is 6. The fourth-order valence-electron chi connectivity index (χ4n) is 2.64. The Bertz CT molecular complexity index is 1090. The van der Waals surface area contributed by atoms with Crippen LogP contribution in [0.5, 0.6) is 11.5 Å². The number of nitriles is 1. The highest BCUT2D eigenvalue weighted by atomic mass is 32.1. The second-order valence-electron chi connectivity index (χ2n) is 5.68. The molecule has 140 valence electrons. The van der Waals surface area contributed by atoms with Crippen LogP contribution in [0.1, 0.15) is 12.0 Å². The minimum atomic E-state index is -0.867. The molecule has 1 aliphatic heterocycles. The summed E-state index contributed by atoms with van der Waals surface area (Å²) in [4.78, 5) is 24.4. The van der Waals surface area contributed by atoms with Crippen LogP contribution in [0.2, 0.25) is 0 Å². The molecule has 1 amide bonds. The zero-order valence-corrected chi connectivity index (χ0v) is 15.4. The number of hydrogen-bond donors (Lipinski definition) is 1. The number of primary amides is 1. The summed E-state index contributed by atoms with van der Waals surface area (Å²) in [6.45, 7) is 0.917. The molecular weight excluding hydrogens is 370 g/mol. The Balaban J connectivity index is 2.16. The first-order valence-electron chi connectivity index (χ1n) is 8.09. The number of thiazole rings is 1. The molecule has 0 spiro atoms. The number of hydrogen-bond acceptors (Lipinski definition) is 7. The third-order valence-corrected chi connectivity index (χ3v) is 5.03. The number of fused-ring (bicyclic) bond motifs is 1. The Kier molecular flexibility index (Phi) is 5.59. The van der Waals surface area contributed by atoms with Gasteiger partial charge in [-0.25, -0.2) is 0 Å². The molecule has 0 radical (unpaired) electrons. The first-order chi connectivity index (χ1) is 13.0. The van der Waals surface area contributed by atoms with Gasteiger partial charge in [0, 0.05) is 20.3 Å². The van der Waals surface area contributed by atoms with E-state index in [0.717, 1.165) is 16.9 Å². The van der Waals surface area contributed by atoms with E-state index < -0.39 is 5.91 Å². The van der Waals surface area contributed by atoms with Crippen molar-refractivity contribution in [2.45, 2.75) is 13.0 Å². The van der Waals surface area contributed by atoms with Gasteiger partial charge in [0.2, 0.25) is 6.79 Å². The third kappa shape index (κ3) is 3.86. The van der Waals surface area contributed by atoms with E-state index in [1.54, 1.807) is 37.5 Å². The number of amides is 1. The predicted molar refractivity (Wildman–Crippen MR) is 98.7 cm³/mol. The molecular formula is C18H17N3O5S. The second kappa shape index (κ2) is 8.07. The van der Waals surface area contributed by atoms with Gasteiger partial charge in [-0.05, 0) is 30.2 Å². The van der Waals surface area contributed by atoms with Crippen molar-refractivity contribution in [2.75, 3.05) is 20.5 Å². The van der Waals surface area contributed by atoms with Crippen molar-refractivity contribution in [3.8, 4) is 17.6 Å². The molecule has 27 heavy (non-hydrogen) atoms. The average Bonchev–Trinajstić information content (AvgIpc) is 3.22. The molecule has 1 aliphatic rings. The molecule has 8 nitrogen and oxygen atoms in total. The zero-order valence-electron chi connectivity index (χ0n) is 14.6. The molecule has 0 bridgehead atoms. The minimum Gasteiger partial charge on any atom is -0.454 e. The quantitative estimate of drug-likeness (QED) is 0.678. The standard InChI is InChI=1S/C18H17N3O5S/c1-24-6-2-5-21-17(23)15(27-18(21)12(9-19)16(20)22)8-11-3-4-13-14(7-11)26-10-25-13/h3-4,7-8H,2,5-6,10H2,1H3,(H2,20,22). The van der Waals surface area contributed by atoms with Crippen LogP contribution >= 0.6 is 11.3 Å². The smallest absolute Gasteiger partial charge is 0.269 e. The molecule has 2 N–H and O–H groups in total. The fraction of sp³-hybridized carbons (Fsp3) is 0.278. The van der Waals surface area contributed by atoms with Crippen LogP contribution in [-0.2, 0) is 16.1 Å². The highest BCUT2D eigenvalue weighted by Gasteiger charge is 2.15. The van der Waals surface area contributed by atoms with E-state index in [2.05, 4.69) is 0 Å². The average molecular weight is 387 g/mol. The first kappa shape index (κ1) is 18.7. The highest BCUT2D eigenvalue weighted by molar-refractivity contribution is 7.07. The van der Waals surface area contributed by atoms with E-state index in [0.29, 0.717) is 35.6 Å². The Morgan fingerprint density at radius 2 is 2.22 bits per heavy atom. The Morgan fingerprint density at radius 1 is 1.44 bits per heavy atom. The summed E-state index contributed by atoms with van der Waals surface area (Å²) in [5, 5.41) is 9.28. The maximum Gasteiger partial charge on any atom is 0.269 e. The summed E-state index contributed by atoms with van der Waals surface area (Å²) >= 11 is 1.05. The van der Waals surface area contributed by atoms with E-state index in [9.17, 15) is 14.9 Å². The summed E-state index contributed by atoms with van der Waals surface area (Å²) in [6, 6.07) is 7.12. The van der Waals surface area contributed by atoms with E-state index in [1.165, 1.54) is 4.57 Å². The molecule has 0 fully saturated rings. The van der Waals surface area contributed by atoms with Gasteiger partial charge < -0.3 is 19.9 Å². The highest BCUT2D eigenvalue weighted by Crippen LogP contribution is 2.32. The summed E-state index contributed by atoms with van der Waals surface area (Å²) in [6.07, 6.45) is 2.24. The van der Waals surface area contributed by atoms with Crippen molar-refractivity contribution in [3.05, 3.63) is 43.3 Å². The monoisotopic (exact) mass is 387 g/mol. The van der Waals surface area contributed by atoms with Crippen molar-refractivity contribution >= 4 is 28.9 Å². The van der Waals surface area contributed by atoms with Crippen LogP contribution in [-0.4, -0.2) is 31.0 Å². The Morgan fingerprint density at radius 3 is 2.93 bits per heavy atom. The number of carbonyl (C=O) groups is 1. The summed E-state index contributed by atoms with van der Waals surface area (Å²) in [5.74, 6) is 0.376. The normalized spacial score (nSPS) is 14.1. The number of benzene rings is 1. The van der Waals surface area contributed by atoms with Gasteiger partial charge in [0.25, 0.3) is 11.5 Å². The molecule has 2 aromatic rings. The van der Waals surface area contributed by atoms with Gasteiger partial charge in [0.05, 0.1) is 4.53 Å². The van der Waals surface area contributed by atoms with Crippen molar-refractivity contribution < 1.29 is 19.0 Å². The van der Waals surface area contributed by atoms with Gasteiger partial charge in [0.15, 0.2) is 17.1 Å². The predicted octanol–water partition coefficient (Wildman–Crippen LogP) is -0.337. The van der Waals surface area contributed by atoms with Crippen LogP contribution in [0.25, 0.3) is 11.6 Å². The fourth-order valence-corrected chi connectivity index (χ4v) is 3.77. The summed E-state index contributed by atoms with van der Waals surface area (Å²) in [5.41, 5.74) is 5.52. The number of methoxy groups -OCH3 is 1. The van der Waals surface area contributed by atoms with E-state index in [1.807, 2.05) is 0 Å². The zero-order chi connectivity index (χ0) is 19.4. The minimum absolute atomic E-state index is 0.160. The Labute approximate surface area is 158 Å². The maximum atomic E-state index is 12.8. The van der Waals surface area contributed by atoms with E-state index >= 15 is 0 Å². The topological polar surface area (TPSA) is 117 Å². The van der Waals surface area contributed by atoms with Gasteiger partial charge in [-0.2, -0.15) is 5.26 Å². The van der Waals surface area contributed by atoms with Gasteiger partial charge in [-0.3, -0.25) is 14.2 Å². The van der Waals surface area contributed by atoms with Crippen LogP contribution < -0.4 is 30.0 Å². The molecule has 0 saturated carbocycles. The summed E-state index contributed by atoms with van der Waals surface area (Å²) < 4.78 is 17.7. The second-order valence-corrected chi connectivity index (χ2v) is 6.71. The first-order valence-corrected chi connectivity index (χ1v) is 8.91. The third-order valence-electron chi connectivity index (χ3n) is 3.90. The number of nitrogens with two attached hydrogens (primary N) is 1. The van der Waals surface area contributed by atoms with Gasteiger partial charge in [-0.15, -0.1) is 11.3 Å². The maximum absolute atomic E-state index is 12.8. The number of nitrogens with zero attached hydrogens (tertiary/aromatic N) is 2. The lowest BCUT2D eigenvalue weighted by Crippen LogP contribution is -2.34. The molecule has 0 saturated heterocycles. The Hall–Kier alpha value is -3.09. The number of ether oxygens (including phenoxy) is 3. The van der Waals surface area contributed by atoms with Crippen LogP contribution in [0.3, 0.4) is 0 Å². The SMILES string of the molecule is COCCCn1c(=C(C#N)C(N)=O)sc(=Cc2ccc3c(c2)OCO3)c1=O. The molecule has 1 aromatic carbocycles. The molecule has 0 unspecified atom stereocenters. The van der Waals surface area contributed by atoms with E-state index in [-0.39, 0.29) is 22.6 Å². The number of aromatic nitrogens is 1. The van der Waals surface area contributed by atoms with Crippen LogP contribution in [0.4, 0.5) is 0 Å². The van der Waals surface area contributed by atoms with Crippen LogP contribution in [0.15, 0.2) is 23.0 Å². The lowest BCUT2D eigenvalue weighted by molar-refractivity contribution is -0.112. The molecule has 1 aromatic heterocycles. The number of carbonyl (C=O) groups excluding carboxylic acids is 1. The van der Waals surface area contributed by atoms with Crippen molar-refractivity contribution in [1.82, 2.24) is 4.57 Å². The van der Waals surface area contributed by atoms with E-state index in [4.69, 9.17) is 19.9 Å². The lowest BCUT2D eigenvalue weighted by Gasteiger charge is -2.02. The van der Waals surface area contributed by atoms with Gasteiger partial charge in [0.1, 0.15) is 10.7 Å². The molecule has 9 heteroatoms.